The summed E-state index contributed by atoms with van der Waals surface area (Å²) in [5.41, 5.74) is 0. The molecule has 0 aromatic rings. The van der Waals surface area contributed by atoms with Crippen LogP contribution in [0.5, 0.6) is 0 Å². The summed E-state index contributed by atoms with van der Waals surface area (Å²) in [6.45, 7) is 5.86. The fourth-order valence-electron chi connectivity index (χ4n) is 0.891. The standard InChI is InChI=1S/C5H10I2N2/c1-5-4-8(6)2-3-9(5)7/h5H,2-4H2,1H3/t5-/m0/s1. The highest BCUT2D eigenvalue weighted by atomic mass is 127. The Labute approximate surface area is 83.9 Å². The molecule has 1 aliphatic rings. The van der Waals surface area contributed by atoms with E-state index in [4.69, 9.17) is 0 Å². The molecular weight excluding hydrogens is 342 g/mol. The lowest BCUT2D eigenvalue weighted by atomic mass is 10.3. The van der Waals surface area contributed by atoms with E-state index in [2.05, 4.69) is 58.9 Å². The van der Waals surface area contributed by atoms with E-state index >= 15 is 0 Å². The Morgan fingerprint density at radius 1 is 1.33 bits per heavy atom. The molecule has 1 rings (SSSR count). The van der Waals surface area contributed by atoms with E-state index in [9.17, 15) is 0 Å². The summed E-state index contributed by atoms with van der Waals surface area (Å²) in [5, 5.41) is 0. The summed E-state index contributed by atoms with van der Waals surface area (Å²) in [5.74, 6) is 0. The van der Waals surface area contributed by atoms with Gasteiger partial charge >= 0.3 is 0 Å². The van der Waals surface area contributed by atoms with Crippen molar-refractivity contribution in [3.8, 4) is 0 Å². The first-order valence-corrected chi connectivity index (χ1v) is 4.96. The maximum absolute atomic E-state index is 2.40. The zero-order valence-corrected chi connectivity index (χ0v) is 9.66. The Morgan fingerprint density at radius 3 is 2.44 bits per heavy atom. The molecule has 1 fully saturated rings. The summed E-state index contributed by atoms with van der Waals surface area (Å²) >= 11 is 4.78. The van der Waals surface area contributed by atoms with Crippen molar-refractivity contribution in [2.45, 2.75) is 13.0 Å². The van der Waals surface area contributed by atoms with E-state index in [1.807, 2.05) is 0 Å². The van der Waals surface area contributed by atoms with Crippen LogP contribution in [0.2, 0.25) is 0 Å². The van der Waals surface area contributed by atoms with E-state index in [0.29, 0.717) is 0 Å². The maximum Gasteiger partial charge on any atom is 0.0302 e. The monoisotopic (exact) mass is 352 g/mol. The maximum atomic E-state index is 2.40. The van der Waals surface area contributed by atoms with Crippen LogP contribution in [-0.4, -0.2) is 31.9 Å². The average Bonchev–Trinajstić information content (AvgIpc) is 1.80. The fraction of sp³-hybridized carbons (Fsp3) is 1.00. The molecule has 0 bridgehead atoms. The molecule has 4 heteroatoms. The van der Waals surface area contributed by atoms with Crippen LogP contribution < -0.4 is 0 Å². The van der Waals surface area contributed by atoms with Gasteiger partial charge in [0.25, 0.3) is 0 Å². The van der Waals surface area contributed by atoms with Crippen LogP contribution in [0, 0.1) is 0 Å². The first-order chi connectivity index (χ1) is 4.20. The minimum absolute atomic E-state index is 0.719. The van der Waals surface area contributed by atoms with Gasteiger partial charge in [-0.3, -0.25) is 0 Å². The van der Waals surface area contributed by atoms with Gasteiger partial charge in [0.05, 0.1) is 0 Å². The predicted molar refractivity (Wildman–Crippen MR) is 55.8 cm³/mol. The number of rotatable bonds is 0. The number of nitrogens with zero attached hydrogens (tertiary/aromatic N) is 2. The molecule has 1 saturated heterocycles. The molecular formula is C5H10I2N2. The topological polar surface area (TPSA) is 6.48 Å². The summed E-state index contributed by atoms with van der Waals surface area (Å²) < 4.78 is 4.71. The fourth-order valence-corrected chi connectivity index (χ4v) is 2.07. The SMILES string of the molecule is C[C@H]1CN(I)CCN1I. The third-order valence-corrected chi connectivity index (χ3v) is 3.81. The Balaban J connectivity index is 2.35. The molecule has 1 aliphatic heterocycles. The highest BCUT2D eigenvalue weighted by molar-refractivity contribution is 14.1. The lowest BCUT2D eigenvalue weighted by Crippen LogP contribution is -2.43. The predicted octanol–water partition coefficient (Wildman–Crippen LogP) is 1.69. The van der Waals surface area contributed by atoms with Crippen LogP contribution in [-0.2, 0) is 0 Å². The van der Waals surface area contributed by atoms with E-state index in [0.717, 1.165) is 6.04 Å². The highest BCUT2D eigenvalue weighted by Crippen LogP contribution is 2.15. The normalized spacial score (nSPS) is 33.0. The lowest BCUT2D eigenvalue weighted by Gasteiger charge is -2.32. The molecule has 9 heavy (non-hydrogen) atoms. The molecule has 0 unspecified atom stereocenters. The third kappa shape index (κ3) is 2.47. The first kappa shape index (κ1) is 8.48. The smallest absolute Gasteiger partial charge is 0.0302 e. The van der Waals surface area contributed by atoms with Crippen LogP contribution in [0.1, 0.15) is 6.92 Å². The van der Waals surface area contributed by atoms with Crippen molar-refractivity contribution in [3.05, 3.63) is 0 Å². The Hall–Kier alpha value is 1.38. The van der Waals surface area contributed by atoms with Gasteiger partial charge in [-0.15, -0.1) is 0 Å². The molecule has 1 heterocycles. The molecule has 0 aliphatic carbocycles. The molecule has 0 aromatic carbocycles. The second-order valence-electron chi connectivity index (χ2n) is 2.34. The van der Waals surface area contributed by atoms with Crippen LogP contribution >= 0.6 is 45.7 Å². The molecule has 2 nitrogen and oxygen atoms in total. The first-order valence-electron chi connectivity index (χ1n) is 3.03. The number of hydrogen-bond donors (Lipinski definition) is 0. The van der Waals surface area contributed by atoms with Crippen molar-refractivity contribution in [1.29, 1.82) is 0 Å². The summed E-state index contributed by atoms with van der Waals surface area (Å²) in [4.78, 5) is 0. The van der Waals surface area contributed by atoms with Gasteiger partial charge in [-0.1, -0.05) is 0 Å². The van der Waals surface area contributed by atoms with E-state index < -0.39 is 0 Å². The second-order valence-corrected chi connectivity index (χ2v) is 4.94. The van der Waals surface area contributed by atoms with Gasteiger partial charge in [0.15, 0.2) is 0 Å². The van der Waals surface area contributed by atoms with Gasteiger partial charge < -0.3 is 0 Å². The average molecular weight is 352 g/mol. The molecule has 0 aromatic heterocycles. The van der Waals surface area contributed by atoms with Crippen molar-refractivity contribution < 1.29 is 0 Å². The van der Waals surface area contributed by atoms with Gasteiger partial charge in [-0.25, -0.2) is 6.23 Å². The highest BCUT2D eigenvalue weighted by Gasteiger charge is 2.19. The van der Waals surface area contributed by atoms with Crippen molar-refractivity contribution in [3.63, 3.8) is 0 Å². The van der Waals surface area contributed by atoms with Gasteiger partial charge in [0.2, 0.25) is 0 Å². The number of hydrogen-bond acceptors (Lipinski definition) is 2. The van der Waals surface area contributed by atoms with E-state index in [1.165, 1.54) is 19.6 Å². The van der Waals surface area contributed by atoms with E-state index in [-0.39, 0.29) is 0 Å². The van der Waals surface area contributed by atoms with Gasteiger partial charge in [0.1, 0.15) is 0 Å². The van der Waals surface area contributed by atoms with Gasteiger partial charge in [-0.2, -0.15) is 0 Å². The van der Waals surface area contributed by atoms with Crippen molar-refractivity contribution in [2.75, 3.05) is 19.6 Å². The number of halogens is 2. The van der Waals surface area contributed by atoms with E-state index in [1.54, 1.807) is 0 Å². The molecule has 0 N–H and O–H groups in total. The summed E-state index contributed by atoms with van der Waals surface area (Å²) in [6.07, 6.45) is 0. The summed E-state index contributed by atoms with van der Waals surface area (Å²) in [7, 11) is 0. The Morgan fingerprint density at radius 2 is 2.00 bits per heavy atom. The molecule has 0 radical (unpaired) electrons. The molecule has 1 atom stereocenters. The van der Waals surface area contributed by atoms with Crippen molar-refractivity contribution in [1.82, 2.24) is 6.23 Å². The molecule has 0 spiro atoms. The zero-order valence-electron chi connectivity index (χ0n) is 5.35. The lowest BCUT2D eigenvalue weighted by molar-refractivity contribution is 0.274. The zero-order chi connectivity index (χ0) is 6.85. The van der Waals surface area contributed by atoms with Crippen molar-refractivity contribution in [2.24, 2.45) is 0 Å². The minimum Gasteiger partial charge on any atom is -0.245 e. The molecule has 0 amide bonds. The Kier molecular flexibility index (Phi) is 3.47. The Bertz CT molecular complexity index is 99.0. The summed E-state index contributed by atoms with van der Waals surface area (Å²) in [6, 6.07) is 0.719. The van der Waals surface area contributed by atoms with Crippen LogP contribution in [0.3, 0.4) is 0 Å². The molecule has 0 saturated carbocycles. The third-order valence-electron chi connectivity index (χ3n) is 1.50. The minimum atomic E-state index is 0.719. The second kappa shape index (κ2) is 3.68. The van der Waals surface area contributed by atoms with Gasteiger partial charge in [0, 0.05) is 71.4 Å². The van der Waals surface area contributed by atoms with Crippen LogP contribution in [0.15, 0.2) is 0 Å². The van der Waals surface area contributed by atoms with Crippen molar-refractivity contribution >= 4 is 45.7 Å². The number of piperazine rings is 1. The molecule has 54 valence electrons. The quantitative estimate of drug-likeness (QED) is 0.484. The van der Waals surface area contributed by atoms with Gasteiger partial charge in [-0.05, 0) is 6.92 Å². The van der Waals surface area contributed by atoms with Crippen LogP contribution in [0.25, 0.3) is 0 Å². The largest absolute Gasteiger partial charge is 0.245 e. The van der Waals surface area contributed by atoms with Crippen LogP contribution in [0.4, 0.5) is 0 Å².